The molecule has 0 aliphatic heterocycles. The van der Waals surface area contributed by atoms with E-state index in [9.17, 15) is 13.2 Å². The number of aryl methyl sites for hydroxylation is 1. The molecule has 2 N–H and O–H groups in total. The summed E-state index contributed by atoms with van der Waals surface area (Å²) in [5, 5.41) is 11.9. The van der Waals surface area contributed by atoms with Crippen molar-refractivity contribution in [3.05, 3.63) is 17.5 Å². The van der Waals surface area contributed by atoms with E-state index in [1.165, 1.54) is 6.07 Å². The third kappa shape index (κ3) is 4.41. The first kappa shape index (κ1) is 12.7. The van der Waals surface area contributed by atoms with Gasteiger partial charge >= 0.3 is 5.97 Å². The highest BCUT2D eigenvalue weighted by Crippen LogP contribution is 2.05. The molecule has 0 radical (unpaired) electrons. The SMILES string of the molecule is Cc1cc(CS(=O)(=O)NCCC(=O)O)no1. The highest BCUT2D eigenvalue weighted by molar-refractivity contribution is 7.88. The number of aliphatic carboxylic acids is 1. The highest BCUT2D eigenvalue weighted by Gasteiger charge is 2.14. The molecule has 0 saturated heterocycles. The number of carboxylic acids is 1. The number of hydrogen-bond donors (Lipinski definition) is 2. The first-order valence-corrected chi connectivity index (χ1v) is 6.15. The molecule has 0 atom stereocenters. The molecule has 0 amide bonds. The second kappa shape index (κ2) is 5.08. The molecule has 1 aromatic rings. The maximum Gasteiger partial charge on any atom is 0.304 e. The van der Waals surface area contributed by atoms with Crippen LogP contribution in [-0.2, 0) is 20.6 Å². The Morgan fingerprint density at radius 3 is 2.81 bits per heavy atom. The minimum atomic E-state index is -3.55. The van der Waals surface area contributed by atoms with Crippen LogP contribution in [0.15, 0.2) is 10.6 Å². The fraction of sp³-hybridized carbons (Fsp3) is 0.500. The van der Waals surface area contributed by atoms with Gasteiger partial charge in [0.1, 0.15) is 17.2 Å². The molecule has 0 aliphatic carbocycles. The number of nitrogens with one attached hydrogen (secondary N) is 1. The molecule has 8 heteroatoms. The van der Waals surface area contributed by atoms with Crippen molar-refractivity contribution < 1.29 is 22.8 Å². The van der Waals surface area contributed by atoms with Gasteiger partial charge in [-0.05, 0) is 6.92 Å². The second-order valence-electron chi connectivity index (χ2n) is 3.23. The van der Waals surface area contributed by atoms with Gasteiger partial charge < -0.3 is 9.63 Å². The summed E-state index contributed by atoms with van der Waals surface area (Å²) in [7, 11) is -3.55. The molecule has 90 valence electrons. The average Bonchev–Trinajstić information content (AvgIpc) is 2.48. The van der Waals surface area contributed by atoms with Crippen molar-refractivity contribution in [3.63, 3.8) is 0 Å². The molecule has 0 fully saturated rings. The van der Waals surface area contributed by atoms with Crippen LogP contribution in [0.25, 0.3) is 0 Å². The lowest BCUT2D eigenvalue weighted by Crippen LogP contribution is -2.27. The molecular weight excluding hydrogens is 236 g/mol. The number of carbonyl (C=O) groups is 1. The Bertz CT molecular complexity index is 465. The molecule has 0 unspecified atom stereocenters. The quantitative estimate of drug-likeness (QED) is 0.726. The fourth-order valence-corrected chi connectivity index (χ4v) is 2.09. The van der Waals surface area contributed by atoms with Crippen molar-refractivity contribution >= 4 is 16.0 Å². The number of rotatable bonds is 6. The number of hydrogen-bond acceptors (Lipinski definition) is 5. The topological polar surface area (TPSA) is 110 Å². The van der Waals surface area contributed by atoms with Crippen LogP contribution in [0.2, 0.25) is 0 Å². The van der Waals surface area contributed by atoms with Crippen LogP contribution in [0.4, 0.5) is 0 Å². The van der Waals surface area contributed by atoms with E-state index in [0.717, 1.165) is 0 Å². The molecule has 0 bridgehead atoms. The van der Waals surface area contributed by atoms with E-state index in [-0.39, 0.29) is 18.7 Å². The van der Waals surface area contributed by atoms with Gasteiger partial charge in [-0.15, -0.1) is 0 Å². The Morgan fingerprint density at radius 2 is 2.31 bits per heavy atom. The lowest BCUT2D eigenvalue weighted by Gasteiger charge is -2.02. The number of nitrogens with zero attached hydrogens (tertiary/aromatic N) is 1. The zero-order valence-electron chi connectivity index (χ0n) is 8.63. The lowest BCUT2D eigenvalue weighted by atomic mass is 10.4. The van der Waals surface area contributed by atoms with Crippen LogP contribution in [0, 0.1) is 6.92 Å². The van der Waals surface area contributed by atoms with Crippen LogP contribution >= 0.6 is 0 Å². The standard InChI is InChI=1S/C8H12N2O5S/c1-6-4-7(10-15-6)5-16(13,14)9-3-2-8(11)12/h4,9H,2-3,5H2,1H3,(H,11,12). The fourth-order valence-electron chi connectivity index (χ4n) is 1.05. The van der Waals surface area contributed by atoms with Gasteiger partial charge in [0.05, 0.1) is 6.42 Å². The molecule has 16 heavy (non-hydrogen) atoms. The summed E-state index contributed by atoms with van der Waals surface area (Å²) in [4.78, 5) is 10.2. The Hall–Kier alpha value is -1.41. The summed E-state index contributed by atoms with van der Waals surface area (Å²) in [6.45, 7) is 1.52. The minimum Gasteiger partial charge on any atom is -0.481 e. The van der Waals surface area contributed by atoms with Gasteiger partial charge in [0.25, 0.3) is 0 Å². The van der Waals surface area contributed by atoms with Gasteiger partial charge in [-0.3, -0.25) is 4.79 Å². The van der Waals surface area contributed by atoms with E-state index in [0.29, 0.717) is 11.5 Å². The maximum atomic E-state index is 11.4. The second-order valence-corrected chi connectivity index (χ2v) is 5.03. The lowest BCUT2D eigenvalue weighted by molar-refractivity contribution is -0.136. The largest absolute Gasteiger partial charge is 0.481 e. The normalized spacial score (nSPS) is 11.6. The van der Waals surface area contributed by atoms with Crippen molar-refractivity contribution in [1.29, 1.82) is 0 Å². The van der Waals surface area contributed by atoms with Crippen molar-refractivity contribution in [2.24, 2.45) is 0 Å². The van der Waals surface area contributed by atoms with Crippen LogP contribution in [-0.4, -0.2) is 31.2 Å². The summed E-state index contributed by atoms with van der Waals surface area (Å²) in [5.74, 6) is -0.847. The third-order valence-corrected chi connectivity index (χ3v) is 3.00. The van der Waals surface area contributed by atoms with Gasteiger partial charge in [0.15, 0.2) is 0 Å². The summed E-state index contributed by atoms with van der Waals surface area (Å²) in [5.41, 5.74) is 0.292. The predicted octanol–water partition coefficient (Wildman–Crippen LogP) is -0.123. The van der Waals surface area contributed by atoms with Crippen LogP contribution in [0.3, 0.4) is 0 Å². The first-order chi connectivity index (χ1) is 7.39. The number of carboxylic acid groups (broad SMARTS) is 1. The van der Waals surface area contributed by atoms with Gasteiger partial charge in [-0.25, -0.2) is 13.1 Å². The van der Waals surface area contributed by atoms with Crippen LogP contribution < -0.4 is 4.72 Å². The van der Waals surface area contributed by atoms with Gasteiger partial charge in [0.2, 0.25) is 10.0 Å². The molecule has 1 heterocycles. The molecule has 0 aromatic carbocycles. The van der Waals surface area contributed by atoms with E-state index in [2.05, 4.69) is 9.88 Å². The van der Waals surface area contributed by atoms with Crippen molar-refractivity contribution in [2.75, 3.05) is 6.54 Å². The van der Waals surface area contributed by atoms with Gasteiger partial charge in [0, 0.05) is 12.6 Å². The summed E-state index contributed by atoms with van der Waals surface area (Å²) < 4.78 is 29.7. The monoisotopic (exact) mass is 248 g/mol. The van der Waals surface area contributed by atoms with Crippen LogP contribution in [0.5, 0.6) is 0 Å². The van der Waals surface area contributed by atoms with E-state index in [4.69, 9.17) is 9.63 Å². The molecule has 7 nitrogen and oxygen atoms in total. The van der Waals surface area contributed by atoms with Crippen molar-refractivity contribution in [3.8, 4) is 0 Å². The minimum absolute atomic E-state index is 0.130. The third-order valence-electron chi connectivity index (χ3n) is 1.68. The number of aromatic nitrogens is 1. The Balaban J connectivity index is 2.49. The molecule has 1 rings (SSSR count). The molecule has 1 aromatic heterocycles. The zero-order chi connectivity index (χ0) is 12.2. The smallest absolute Gasteiger partial charge is 0.304 e. The summed E-state index contributed by atoms with van der Waals surface area (Å²) in [6.07, 6.45) is -0.253. The summed E-state index contributed by atoms with van der Waals surface area (Å²) >= 11 is 0. The molecule has 0 aliphatic rings. The van der Waals surface area contributed by atoms with Gasteiger partial charge in [-0.1, -0.05) is 5.16 Å². The maximum absolute atomic E-state index is 11.4. The Kier molecular flexibility index (Phi) is 4.02. The van der Waals surface area contributed by atoms with Crippen molar-refractivity contribution in [2.45, 2.75) is 19.1 Å². The highest BCUT2D eigenvalue weighted by atomic mass is 32.2. The zero-order valence-corrected chi connectivity index (χ0v) is 9.45. The van der Waals surface area contributed by atoms with E-state index < -0.39 is 16.0 Å². The van der Waals surface area contributed by atoms with E-state index in [1.54, 1.807) is 6.92 Å². The van der Waals surface area contributed by atoms with Crippen LogP contribution in [0.1, 0.15) is 17.9 Å². The van der Waals surface area contributed by atoms with E-state index in [1.807, 2.05) is 0 Å². The molecule has 0 spiro atoms. The van der Waals surface area contributed by atoms with E-state index >= 15 is 0 Å². The van der Waals surface area contributed by atoms with Crippen molar-refractivity contribution in [1.82, 2.24) is 9.88 Å². The average molecular weight is 248 g/mol. The Labute approximate surface area is 92.5 Å². The first-order valence-electron chi connectivity index (χ1n) is 4.50. The summed E-state index contributed by atoms with van der Waals surface area (Å²) in [6, 6.07) is 1.51. The Morgan fingerprint density at radius 1 is 1.62 bits per heavy atom. The predicted molar refractivity (Wildman–Crippen MR) is 54.1 cm³/mol. The number of sulfonamides is 1. The van der Waals surface area contributed by atoms with Gasteiger partial charge in [-0.2, -0.15) is 0 Å². The molecule has 0 saturated carbocycles. The molecular formula is C8H12N2O5S.